The van der Waals surface area contributed by atoms with Gasteiger partial charge in [0.25, 0.3) is 5.69 Å². The monoisotopic (exact) mass is 387 g/mol. The first-order valence-electron chi connectivity index (χ1n) is 8.97. The molecule has 0 aliphatic heterocycles. The third-order valence-corrected chi connectivity index (χ3v) is 6.08. The fraction of sp³-hybridized carbons (Fsp3) is 0.350. The number of nitro benzene ring substituents is 1. The molecule has 142 valence electrons. The van der Waals surface area contributed by atoms with Crippen molar-refractivity contribution in [3.8, 4) is 5.75 Å². The van der Waals surface area contributed by atoms with Gasteiger partial charge in [0.1, 0.15) is 16.4 Å². The van der Waals surface area contributed by atoms with Gasteiger partial charge in [-0.15, -0.1) is 0 Å². The summed E-state index contributed by atoms with van der Waals surface area (Å²) in [5, 5.41) is 11.0. The molecular weight excluding hydrogens is 366 g/mol. The summed E-state index contributed by atoms with van der Waals surface area (Å²) in [7, 11) is -1.84. The Hall–Kier alpha value is -2.54. The maximum atomic E-state index is 12.3. The Bertz CT molecular complexity index is 844. The Morgan fingerprint density at radius 3 is 2.41 bits per heavy atom. The maximum absolute atomic E-state index is 12.3. The average molecular weight is 387 g/mol. The number of nitro groups is 1. The summed E-state index contributed by atoms with van der Waals surface area (Å²) < 4.78 is 17.6. The highest BCUT2D eigenvalue weighted by Gasteiger charge is 2.21. The number of carbonyl (C=O) groups excluding carboxylic acids is 1. The van der Waals surface area contributed by atoms with Gasteiger partial charge in [-0.2, -0.15) is 0 Å². The van der Waals surface area contributed by atoms with Crippen LogP contribution in [-0.2, 0) is 15.6 Å². The highest BCUT2D eigenvalue weighted by molar-refractivity contribution is 7.85. The number of rotatable bonds is 6. The standard InChI is InChI=1S/C20H21NO5S/c22-20(14-27(25)19-9-5-4-8-18(19)21(23)24)26-17-12-10-16(11-13-17)15-6-2-1-3-7-15/h4-5,8-13,15H,1-3,6-7,14H2/t27-/m0/s1. The molecule has 0 bridgehead atoms. The molecule has 0 unspecified atom stereocenters. The second kappa shape index (κ2) is 8.90. The molecule has 1 fully saturated rings. The molecule has 0 saturated heterocycles. The minimum atomic E-state index is -1.84. The number of para-hydroxylation sites is 1. The van der Waals surface area contributed by atoms with Crippen LogP contribution in [0.25, 0.3) is 0 Å². The van der Waals surface area contributed by atoms with E-state index in [1.807, 2.05) is 12.1 Å². The molecule has 2 aromatic carbocycles. The van der Waals surface area contributed by atoms with Gasteiger partial charge in [-0.3, -0.25) is 19.1 Å². The first-order valence-corrected chi connectivity index (χ1v) is 10.3. The fourth-order valence-electron chi connectivity index (χ4n) is 3.39. The molecule has 3 rings (SSSR count). The summed E-state index contributed by atoms with van der Waals surface area (Å²) >= 11 is 0. The fourth-order valence-corrected chi connectivity index (χ4v) is 4.42. The number of benzene rings is 2. The molecule has 0 heterocycles. The Morgan fingerprint density at radius 1 is 1.07 bits per heavy atom. The zero-order valence-electron chi connectivity index (χ0n) is 14.8. The Morgan fingerprint density at radius 2 is 1.74 bits per heavy atom. The molecule has 0 aromatic heterocycles. The van der Waals surface area contributed by atoms with Crippen molar-refractivity contribution in [3.63, 3.8) is 0 Å². The molecular formula is C20H21NO5S. The van der Waals surface area contributed by atoms with Crippen molar-refractivity contribution >= 4 is 22.5 Å². The molecule has 0 spiro atoms. The summed E-state index contributed by atoms with van der Waals surface area (Å²) in [6.45, 7) is 0. The molecule has 1 saturated carbocycles. The number of esters is 1. The molecule has 0 N–H and O–H groups in total. The van der Waals surface area contributed by atoms with Crippen molar-refractivity contribution in [1.82, 2.24) is 0 Å². The third kappa shape index (κ3) is 5.01. The van der Waals surface area contributed by atoms with Gasteiger partial charge in [0.2, 0.25) is 0 Å². The van der Waals surface area contributed by atoms with Crippen molar-refractivity contribution in [1.29, 1.82) is 0 Å². The van der Waals surface area contributed by atoms with Crippen LogP contribution < -0.4 is 4.74 Å². The summed E-state index contributed by atoms with van der Waals surface area (Å²) in [6, 6.07) is 13.1. The minimum Gasteiger partial charge on any atom is -0.426 e. The normalized spacial score (nSPS) is 15.9. The van der Waals surface area contributed by atoms with Gasteiger partial charge in [0.05, 0.1) is 15.7 Å². The molecule has 0 radical (unpaired) electrons. The molecule has 2 aromatic rings. The van der Waals surface area contributed by atoms with Crippen LogP contribution >= 0.6 is 0 Å². The highest BCUT2D eigenvalue weighted by atomic mass is 32.2. The van der Waals surface area contributed by atoms with E-state index in [0.717, 1.165) is 0 Å². The number of carbonyl (C=O) groups is 1. The van der Waals surface area contributed by atoms with E-state index in [4.69, 9.17) is 4.74 Å². The van der Waals surface area contributed by atoms with Crippen LogP contribution in [0.5, 0.6) is 5.75 Å². The van der Waals surface area contributed by atoms with E-state index in [9.17, 15) is 19.1 Å². The quantitative estimate of drug-likeness (QED) is 0.318. The van der Waals surface area contributed by atoms with E-state index in [1.165, 1.54) is 55.9 Å². The topological polar surface area (TPSA) is 86.5 Å². The largest absolute Gasteiger partial charge is 0.426 e. The van der Waals surface area contributed by atoms with Crippen LogP contribution in [-0.4, -0.2) is 20.9 Å². The summed E-state index contributed by atoms with van der Waals surface area (Å²) in [5.74, 6) is -0.166. The lowest BCUT2D eigenvalue weighted by Gasteiger charge is -2.22. The number of hydrogen-bond donors (Lipinski definition) is 0. The molecule has 1 atom stereocenters. The number of ether oxygens (including phenoxy) is 1. The molecule has 1 aliphatic carbocycles. The third-order valence-electron chi connectivity index (χ3n) is 4.74. The number of nitrogens with zero attached hydrogens (tertiary/aromatic N) is 1. The van der Waals surface area contributed by atoms with Gasteiger partial charge >= 0.3 is 5.97 Å². The Kier molecular flexibility index (Phi) is 6.34. The molecule has 1 aliphatic rings. The summed E-state index contributed by atoms with van der Waals surface area (Å²) in [5.41, 5.74) is 0.985. The van der Waals surface area contributed by atoms with Crippen molar-refractivity contribution in [3.05, 3.63) is 64.2 Å². The van der Waals surface area contributed by atoms with Crippen LogP contribution in [0.4, 0.5) is 5.69 Å². The van der Waals surface area contributed by atoms with Crippen LogP contribution in [0.2, 0.25) is 0 Å². The first-order chi connectivity index (χ1) is 13.0. The highest BCUT2D eigenvalue weighted by Crippen LogP contribution is 2.33. The second-order valence-corrected chi connectivity index (χ2v) is 8.01. The Labute approximate surface area is 160 Å². The van der Waals surface area contributed by atoms with Crippen LogP contribution in [0.15, 0.2) is 53.4 Å². The maximum Gasteiger partial charge on any atom is 0.324 e. The molecule has 27 heavy (non-hydrogen) atoms. The predicted octanol–water partition coefficient (Wildman–Crippen LogP) is 4.36. The van der Waals surface area contributed by atoms with E-state index in [-0.39, 0.29) is 10.6 Å². The minimum absolute atomic E-state index is 0.0205. The molecule has 6 nitrogen and oxygen atoms in total. The van der Waals surface area contributed by atoms with E-state index in [1.54, 1.807) is 18.2 Å². The van der Waals surface area contributed by atoms with E-state index in [2.05, 4.69) is 0 Å². The summed E-state index contributed by atoms with van der Waals surface area (Å²) in [4.78, 5) is 22.5. The number of hydrogen-bond acceptors (Lipinski definition) is 5. The lowest BCUT2D eigenvalue weighted by atomic mass is 9.84. The lowest BCUT2D eigenvalue weighted by Crippen LogP contribution is -2.17. The van der Waals surface area contributed by atoms with Gasteiger partial charge in [-0.25, -0.2) is 0 Å². The smallest absolute Gasteiger partial charge is 0.324 e. The van der Waals surface area contributed by atoms with Gasteiger partial charge in [-0.05, 0) is 42.5 Å². The van der Waals surface area contributed by atoms with Crippen molar-refractivity contribution < 1.29 is 18.7 Å². The summed E-state index contributed by atoms with van der Waals surface area (Å²) in [6.07, 6.45) is 6.17. The van der Waals surface area contributed by atoms with Gasteiger partial charge in [0.15, 0.2) is 0 Å². The molecule has 0 amide bonds. The van der Waals surface area contributed by atoms with Crippen LogP contribution in [0.1, 0.15) is 43.6 Å². The SMILES string of the molecule is O=C(C[S@](=O)c1ccccc1[N+](=O)[O-])Oc1ccc(C2CCCCC2)cc1. The van der Waals surface area contributed by atoms with Crippen molar-refractivity contribution in [2.45, 2.75) is 42.9 Å². The zero-order chi connectivity index (χ0) is 19.2. The zero-order valence-corrected chi connectivity index (χ0v) is 15.7. The predicted molar refractivity (Wildman–Crippen MR) is 102 cm³/mol. The van der Waals surface area contributed by atoms with E-state index in [0.29, 0.717) is 11.7 Å². The first kappa shape index (κ1) is 19.2. The van der Waals surface area contributed by atoms with Crippen LogP contribution in [0, 0.1) is 10.1 Å². The average Bonchev–Trinajstić information content (AvgIpc) is 2.69. The van der Waals surface area contributed by atoms with Gasteiger partial charge in [-0.1, -0.05) is 43.5 Å². The van der Waals surface area contributed by atoms with Crippen molar-refractivity contribution in [2.75, 3.05) is 5.75 Å². The Balaban J connectivity index is 1.60. The van der Waals surface area contributed by atoms with Gasteiger partial charge < -0.3 is 4.74 Å². The van der Waals surface area contributed by atoms with E-state index < -0.39 is 27.4 Å². The lowest BCUT2D eigenvalue weighted by molar-refractivity contribution is -0.387. The van der Waals surface area contributed by atoms with Crippen LogP contribution in [0.3, 0.4) is 0 Å². The second-order valence-electron chi connectivity index (χ2n) is 6.59. The van der Waals surface area contributed by atoms with E-state index >= 15 is 0 Å². The van der Waals surface area contributed by atoms with Gasteiger partial charge in [0, 0.05) is 6.07 Å². The molecule has 7 heteroatoms. The van der Waals surface area contributed by atoms with Crippen molar-refractivity contribution in [2.24, 2.45) is 0 Å².